The summed E-state index contributed by atoms with van der Waals surface area (Å²) in [5, 5.41) is 9.95. The smallest absolute Gasteiger partial charge is 0.337 e. The van der Waals surface area contributed by atoms with Crippen LogP contribution in [0, 0.1) is 0 Å². The standard InChI is InChI=1S/C16H21ClN2O2/c17-12-4-5-14(16(20)21)15(10-12)19-9-6-13(11-19)18-7-2-1-3-8-18/h4-5,10,13H,1-3,6-9,11H2,(H,20,21). The van der Waals surface area contributed by atoms with E-state index in [1.165, 1.54) is 32.4 Å². The Morgan fingerprint density at radius 2 is 1.95 bits per heavy atom. The molecule has 1 N–H and O–H groups in total. The molecule has 2 aliphatic rings. The molecule has 0 bridgehead atoms. The Morgan fingerprint density at radius 3 is 2.67 bits per heavy atom. The Kier molecular flexibility index (Phi) is 4.36. The van der Waals surface area contributed by atoms with Gasteiger partial charge in [-0.3, -0.25) is 4.90 Å². The lowest BCUT2D eigenvalue weighted by molar-refractivity contribution is 0.0697. The molecule has 2 saturated heterocycles. The first-order chi connectivity index (χ1) is 10.1. The lowest BCUT2D eigenvalue weighted by Crippen LogP contribution is -2.41. The molecule has 21 heavy (non-hydrogen) atoms. The third kappa shape index (κ3) is 3.16. The molecule has 0 spiro atoms. The van der Waals surface area contributed by atoms with E-state index in [0.29, 0.717) is 16.6 Å². The Balaban J connectivity index is 1.76. The first kappa shape index (κ1) is 14.7. The van der Waals surface area contributed by atoms with E-state index in [1.807, 2.05) is 0 Å². The van der Waals surface area contributed by atoms with Crippen molar-refractivity contribution < 1.29 is 9.90 Å². The van der Waals surface area contributed by atoms with Crippen LogP contribution in [0.1, 0.15) is 36.0 Å². The van der Waals surface area contributed by atoms with Gasteiger partial charge in [-0.2, -0.15) is 0 Å². The molecular weight excluding hydrogens is 288 g/mol. The molecule has 1 aromatic rings. The number of carbonyl (C=O) groups is 1. The zero-order chi connectivity index (χ0) is 14.8. The summed E-state index contributed by atoms with van der Waals surface area (Å²) < 4.78 is 0. The number of halogens is 1. The van der Waals surface area contributed by atoms with Crippen LogP contribution >= 0.6 is 11.6 Å². The van der Waals surface area contributed by atoms with Crippen LogP contribution in [0.15, 0.2) is 18.2 Å². The highest BCUT2D eigenvalue weighted by atomic mass is 35.5. The average molecular weight is 309 g/mol. The summed E-state index contributed by atoms with van der Waals surface area (Å²) in [7, 11) is 0. The molecule has 5 heteroatoms. The van der Waals surface area contributed by atoms with Crippen molar-refractivity contribution in [3.8, 4) is 0 Å². The molecule has 3 rings (SSSR count). The van der Waals surface area contributed by atoms with E-state index >= 15 is 0 Å². The summed E-state index contributed by atoms with van der Waals surface area (Å²) in [4.78, 5) is 16.1. The Labute approximate surface area is 130 Å². The van der Waals surface area contributed by atoms with Crippen LogP contribution in [0.5, 0.6) is 0 Å². The van der Waals surface area contributed by atoms with Crippen LogP contribution in [0.4, 0.5) is 5.69 Å². The van der Waals surface area contributed by atoms with E-state index in [1.54, 1.807) is 18.2 Å². The summed E-state index contributed by atoms with van der Waals surface area (Å²) in [6.07, 6.45) is 5.01. The number of piperidine rings is 1. The summed E-state index contributed by atoms with van der Waals surface area (Å²) in [5.74, 6) is -0.886. The van der Waals surface area contributed by atoms with Gasteiger partial charge in [0.15, 0.2) is 0 Å². The molecule has 2 fully saturated rings. The van der Waals surface area contributed by atoms with Gasteiger partial charge in [-0.1, -0.05) is 18.0 Å². The molecule has 1 aromatic carbocycles. The van der Waals surface area contributed by atoms with Crippen molar-refractivity contribution in [1.29, 1.82) is 0 Å². The number of hydrogen-bond donors (Lipinski definition) is 1. The number of benzene rings is 1. The molecule has 2 heterocycles. The van der Waals surface area contributed by atoms with Crippen LogP contribution in [-0.2, 0) is 0 Å². The molecule has 0 amide bonds. The fourth-order valence-electron chi connectivity index (χ4n) is 3.49. The van der Waals surface area contributed by atoms with Crippen LogP contribution in [0.3, 0.4) is 0 Å². The number of hydrogen-bond acceptors (Lipinski definition) is 3. The highest BCUT2D eigenvalue weighted by Crippen LogP contribution is 2.30. The number of carboxylic acids is 1. The minimum absolute atomic E-state index is 0.346. The van der Waals surface area contributed by atoms with Crippen LogP contribution in [0.2, 0.25) is 5.02 Å². The van der Waals surface area contributed by atoms with Crippen molar-refractivity contribution in [2.75, 3.05) is 31.1 Å². The quantitative estimate of drug-likeness (QED) is 0.932. The van der Waals surface area contributed by atoms with E-state index < -0.39 is 5.97 Å². The molecule has 0 aromatic heterocycles. The molecule has 4 nitrogen and oxygen atoms in total. The van der Waals surface area contributed by atoms with Crippen LogP contribution < -0.4 is 4.90 Å². The molecule has 114 valence electrons. The molecule has 1 unspecified atom stereocenters. The van der Waals surface area contributed by atoms with Crippen LogP contribution in [0.25, 0.3) is 0 Å². The lowest BCUT2D eigenvalue weighted by atomic mass is 10.1. The summed E-state index contributed by atoms with van der Waals surface area (Å²) >= 11 is 6.05. The van der Waals surface area contributed by atoms with Gasteiger partial charge in [0.2, 0.25) is 0 Å². The number of aromatic carboxylic acids is 1. The number of anilines is 1. The molecule has 1 atom stereocenters. The van der Waals surface area contributed by atoms with Crippen molar-refractivity contribution in [2.45, 2.75) is 31.7 Å². The summed E-state index contributed by atoms with van der Waals surface area (Å²) in [6.45, 7) is 4.17. The maximum absolute atomic E-state index is 11.4. The second-order valence-corrected chi connectivity index (χ2v) is 6.39. The topological polar surface area (TPSA) is 43.8 Å². The number of carboxylic acid groups (broad SMARTS) is 1. The second-order valence-electron chi connectivity index (χ2n) is 5.95. The van der Waals surface area contributed by atoms with Gasteiger partial charge in [0.25, 0.3) is 0 Å². The van der Waals surface area contributed by atoms with Crippen molar-refractivity contribution in [3.05, 3.63) is 28.8 Å². The Bertz CT molecular complexity index is 529. The van der Waals surface area contributed by atoms with E-state index in [9.17, 15) is 9.90 Å². The molecule has 2 aliphatic heterocycles. The van der Waals surface area contributed by atoms with Crippen molar-refractivity contribution in [1.82, 2.24) is 4.90 Å². The lowest BCUT2D eigenvalue weighted by Gasteiger charge is -2.32. The molecular formula is C16H21ClN2O2. The van der Waals surface area contributed by atoms with Gasteiger partial charge in [-0.15, -0.1) is 0 Å². The van der Waals surface area contributed by atoms with Crippen LogP contribution in [-0.4, -0.2) is 48.2 Å². The van der Waals surface area contributed by atoms with E-state index in [0.717, 1.165) is 25.2 Å². The number of nitrogens with zero attached hydrogens (tertiary/aromatic N) is 2. The zero-order valence-corrected chi connectivity index (χ0v) is 12.9. The first-order valence-corrected chi connectivity index (χ1v) is 8.05. The zero-order valence-electron chi connectivity index (χ0n) is 12.1. The van der Waals surface area contributed by atoms with Crippen molar-refractivity contribution in [2.24, 2.45) is 0 Å². The summed E-state index contributed by atoms with van der Waals surface area (Å²) in [5.41, 5.74) is 1.10. The SMILES string of the molecule is O=C(O)c1ccc(Cl)cc1N1CCC(N2CCCCC2)C1. The maximum Gasteiger partial charge on any atom is 0.337 e. The fraction of sp³-hybridized carbons (Fsp3) is 0.562. The van der Waals surface area contributed by atoms with Gasteiger partial charge < -0.3 is 10.0 Å². The van der Waals surface area contributed by atoms with Crippen molar-refractivity contribution >= 4 is 23.3 Å². The van der Waals surface area contributed by atoms with E-state index in [4.69, 9.17) is 11.6 Å². The predicted octanol–water partition coefficient (Wildman–Crippen LogP) is 3.10. The van der Waals surface area contributed by atoms with Gasteiger partial charge in [0.1, 0.15) is 0 Å². The first-order valence-electron chi connectivity index (χ1n) is 7.67. The van der Waals surface area contributed by atoms with E-state index in [2.05, 4.69) is 9.80 Å². The van der Waals surface area contributed by atoms with Crippen molar-refractivity contribution in [3.63, 3.8) is 0 Å². The van der Waals surface area contributed by atoms with Gasteiger partial charge in [0.05, 0.1) is 11.3 Å². The fourth-order valence-corrected chi connectivity index (χ4v) is 3.66. The highest BCUT2D eigenvalue weighted by molar-refractivity contribution is 6.31. The monoisotopic (exact) mass is 308 g/mol. The molecule has 0 saturated carbocycles. The van der Waals surface area contributed by atoms with Gasteiger partial charge >= 0.3 is 5.97 Å². The number of rotatable bonds is 3. The molecule has 0 aliphatic carbocycles. The minimum atomic E-state index is -0.886. The second kappa shape index (κ2) is 6.24. The number of likely N-dealkylation sites (tertiary alicyclic amines) is 1. The molecule has 0 radical (unpaired) electrons. The Hall–Kier alpha value is -1.26. The summed E-state index contributed by atoms with van der Waals surface area (Å²) in [6, 6.07) is 5.58. The van der Waals surface area contributed by atoms with Gasteiger partial charge in [-0.05, 0) is 50.6 Å². The average Bonchev–Trinajstić information content (AvgIpc) is 2.97. The predicted molar refractivity (Wildman–Crippen MR) is 84.5 cm³/mol. The minimum Gasteiger partial charge on any atom is -0.478 e. The largest absolute Gasteiger partial charge is 0.478 e. The normalized spacial score (nSPS) is 23.5. The van der Waals surface area contributed by atoms with E-state index in [-0.39, 0.29) is 0 Å². The highest BCUT2D eigenvalue weighted by Gasteiger charge is 2.30. The third-order valence-corrected chi connectivity index (χ3v) is 4.84. The van der Waals surface area contributed by atoms with Gasteiger partial charge in [-0.25, -0.2) is 4.79 Å². The Morgan fingerprint density at radius 1 is 1.19 bits per heavy atom. The maximum atomic E-state index is 11.4. The third-order valence-electron chi connectivity index (χ3n) is 4.60. The van der Waals surface area contributed by atoms with Gasteiger partial charge in [0, 0.05) is 24.2 Å².